The first-order chi connectivity index (χ1) is 13.0. The first kappa shape index (κ1) is 17.2. The third-order valence-electron chi connectivity index (χ3n) is 4.15. The molecule has 0 aliphatic carbocycles. The number of benzene rings is 2. The van der Waals surface area contributed by atoms with Crippen LogP contribution in [0.25, 0.3) is 6.08 Å². The molecule has 3 aromatic rings. The summed E-state index contributed by atoms with van der Waals surface area (Å²) in [6.45, 7) is 1.70. The van der Waals surface area contributed by atoms with Gasteiger partial charge in [0, 0.05) is 11.1 Å². The highest BCUT2D eigenvalue weighted by Gasteiger charge is 2.30. The van der Waals surface area contributed by atoms with Crippen molar-refractivity contribution in [3.63, 3.8) is 0 Å². The van der Waals surface area contributed by atoms with Gasteiger partial charge in [0.05, 0.1) is 5.56 Å². The van der Waals surface area contributed by atoms with Crippen LogP contribution in [0.2, 0.25) is 0 Å². The Labute approximate surface area is 158 Å². The van der Waals surface area contributed by atoms with Crippen molar-refractivity contribution in [2.75, 3.05) is 0 Å². The number of Topliss-reactive ketones (excluding diaryl/α,β-unsaturated/α-hetero) is 1. The van der Waals surface area contributed by atoms with Gasteiger partial charge in [0.15, 0.2) is 5.76 Å². The molecule has 1 aromatic heterocycles. The fraction of sp³-hybridized carbons (Fsp3) is 0.0476. The third kappa shape index (κ3) is 3.15. The van der Waals surface area contributed by atoms with E-state index in [4.69, 9.17) is 9.47 Å². The summed E-state index contributed by atoms with van der Waals surface area (Å²) in [4.78, 5) is 25.2. The molecule has 2 heterocycles. The number of hydrogen-bond acceptors (Lipinski definition) is 5. The number of fused-ring (bicyclic) bond motifs is 1. The van der Waals surface area contributed by atoms with Crippen LogP contribution in [0.4, 0.5) is 4.39 Å². The van der Waals surface area contributed by atoms with Crippen molar-refractivity contribution < 1.29 is 23.5 Å². The minimum atomic E-state index is -0.473. The standard InChI is InChI=1S/C21H13FO4S/c1-12-16(26-21(24)18-7-4-10-27-18)9-8-14-19(23)17(25-20(12)14)11-13-5-2-3-6-15(13)22/h2-11H,1H3/b17-11-. The Morgan fingerprint density at radius 3 is 2.70 bits per heavy atom. The van der Waals surface area contributed by atoms with E-state index in [1.807, 2.05) is 0 Å². The maximum Gasteiger partial charge on any atom is 0.353 e. The first-order valence-corrected chi connectivity index (χ1v) is 9.00. The van der Waals surface area contributed by atoms with Gasteiger partial charge in [-0.1, -0.05) is 24.3 Å². The summed E-state index contributed by atoms with van der Waals surface area (Å²) in [6.07, 6.45) is 1.37. The number of carbonyl (C=O) groups excluding carboxylic acids is 2. The summed E-state index contributed by atoms with van der Waals surface area (Å²) < 4.78 is 25.0. The minimum Gasteiger partial charge on any atom is -0.452 e. The molecular formula is C21H13FO4S. The number of hydrogen-bond donors (Lipinski definition) is 0. The number of ketones is 1. The summed E-state index contributed by atoms with van der Waals surface area (Å²) in [7, 11) is 0. The second-order valence-electron chi connectivity index (χ2n) is 5.89. The minimum absolute atomic E-state index is 0.0277. The number of carbonyl (C=O) groups is 2. The summed E-state index contributed by atoms with van der Waals surface area (Å²) >= 11 is 1.28. The van der Waals surface area contributed by atoms with Crippen molar-refractivity contribution in [1.82, 2.24) is 0 Å². The third-order valence-corrected chi connectivity index (χ3v) is 5.00. The zero-order valence-corrected chi connectivity index (χ0v) is 15.0. The molecule has 0 fully saturated rings. The Balaban J connectivity index is 1.65. The molecule has 2 aromatic carbocycles. The molecule has 0 N–H and O–H groups in total. The van der Waals surface area contributed by atoms with Crippen LogP contribution in [0.5, 0.6) is 11.5 Å². The van der Waals surface area contributed by atoms with Crippen LogP contribution in [-0.4, -0.2) is 11.8 Å². The van der Waals surface area contributed by atoms with Crippen LogP contribution in [0.1, 0.15) is 31.2 Å². The molecular weight excluding hydrogens is 367 g/mol. The molecule has 6 heteroatoms. The molecule has 27 heavy (non-hydrogen) atoms. The molecule has 0 unspecified atom stereocenters. The van der Waals surface area contributed by atoms with Crippen molar-refractivity contribution in [2.45, 2.75) is 6.92 Å². The largest absolute Gasteiger partial charge is 0.452 e. The number of halogens is 1. The summed E-state index contributed by atoms with van der Waals surface area (Å²) in [5.74, 6) is -0.599. The molecule has 134 valence electrons. The number of rotatable bonds is 3. The quantitative estimate of drug-likeness (QED) is 0.363. The average Bonchev–Trinajstić information content (AvgIpc) is 3.29. The van der Waals surface area contributed by atoms with Crippen molar-refractivity contribution in [3.05, 3.63) is 87.1 Å². The molecule has 0 atom stereocenters. The normalized spacial score (nSPS) is 14.1. The number of thiophene rings is 1. The van der Waals surface area contributed by atoms with Gasteiger partial charge in [0.2, 0.25) is 5.78 Å². The average molecular weight is 380 g/mol. The molecule has 0 amide bonds. The smallest absolute Gasteiger partial charge is 0.353 e. The fourth-order valence-corrected chi connectivity index (χ4v) is 3.36. The zero-order valence-electron chi connectivity index (χ0n) is 14.2. The van der Waals surface area contributed by atoms with Crippen LogP contribution in [0, 0.1) is 12.7 Å². The van der Waals surface area contributed by atoms with Crippen LogP contribution < -0.4 is 9.47 Å². The molecule has 0 spiro atoms. The molecule has 0 saturated heterocycles. The predicted molar refractivity (Wildman–Crippen MR) is 99.8 cm³/mol. The van der Waals surface area contributed by atoms with Crippen molar-refractivity contribution >= 4 is 29.2 Å². The van der Waals surface area contributed by atoms with Crippen molar-refractivity contribution in [2.24, 2.45) is 0 Å². The molecule has 0 bridgehead atoms. The van der Waals surface area contributed by atoms with E-state index < -0.39 is 11.8 Å². The van der Waals surface area contributed by atoms with Gasteiger partial charge in [-0.3, -0.25) is 4.79 Å². The van der Waals surface area contributed by atoms with Crippen LogP contribution in [0.15, 0.2) is 59.7 Å². The van der Waals surface area contributed by atoms with Gasteiger partial charge in [-0.2, -0.15) is 0 Å². The maximum atomic E-state index is 13.9. The van der Waals surface area contributed by atoms with E-state index in [2.05, 4.69) is 0 Å². The highest BCUT2D eigenvalue weighted by atomic mass is 32.1. The first-order valence-electron chi connectivity index (χ1n) is 8.12. The summed E-state index contributed by atoms with van der Waals surface area (Å²) in [5, 5.41) is 1.79. The van der Waals surface area contributed by atoms with Crippen molar-refractivity contribution in [1.29, 1.82) is 0 Å². The highest BCUT2D eigenvalue weighted by molar-refractivity contribution is 7.12. The molecule has 0 saturated carbocycles. The Morgan fingerprint density at radius 1 is 1.15 bits per heavy atom. The highest BCUT2D eigenvalue weighted by Crippen LogP contribution is 2.39. The van der Waals surface area contributed by atoms with Crippen LogP contribution in [-0.2, 0) is 0 Å². The molecule has 1 aliphatic rings. The molecule has 0 radical (unpaired) electrons. The monoisotopic (exact) mass is 380 g/mol. The van der Waals surface area contributed by atoms with Gasteiger partial charge in [-0.25, -0.2) is 9.18 Å². The number of allylic oxidation sites excluding steroid dienone is 1. The molecule has 1 aliphatic heterocycles. The number of ether oxygens (including phenoxy) is 2. The lowest BCUT2D eigenvalue weighted by Gasteiger charge is -2.09. The fourth-order valence-electron chi connectivity index (χ4n) is 2.76. The van der Waals surface area contributed by atoms with E-state index in [0.717, 1.165) is 0 Å². The predicted octanol–water partition coefficient (Wildman–Crippen LogP) is 5.03. The van der Waals surface area contributed by atoms with Crippen LogP contribution in [0.3, 0.4) is 0 Å². The van der Waals surface area contributed by atoms with Gasteiger partial charge in [0.25, 0.3) is 0 Å². The number of esters is 1. The summed E-state index contributed by atoms with van der Waals surface area (Å²) in [6, 6.07) is 12.7. The van der Waals surface area contributed by atoms with Gasteiger partial charge in [-0.15, -0.1) is 11.3 Å². The lowest BCUT2D eigenvalue weighted by atomic mass is 10.1. The maximum absolute atomic E-state index is 13.9. The Hall–Kier alpha value is -3.25. The zero-order chi connectivity index (χ0) is 19.0. The lowest BCUT2D eigenvalue weighted by Crippen LogP contribution is -2.07. The van der Waals surface area contributed by atoms with E-state index in [0.29, 0.717) is 27.5 Å². The van der Waals surface area contributed by atoms with E-state index in [1.54, 1.807) is 54.8 Å². The Bertz CT molecular complexity index is 1080. The topological polar surface area (TPSA) is 52.6 Å². The lowest BCUT2D eigenvalue weighted by molar-refractivity contribution is 0.0738. The second kappa shape index (κ2) is 6.81. The second-order valence-corrected chi connectivity index (χ2v) is 6.84. The van der Waals surface area contributed by atoms with Crippen molar-refractivity contribution in [3.8, 4) is 11.5 Å². The SMILES string of the molecule is Cc1c(OC(=O)c2cccs2)ccc2c1O/C(=C\c1ccccc1F)C2=O. The summed E-state index contributed by atoms with van der Waals surface area (Å²) in [5.41, 5.74) is 1.14. The van der Waals surface area contributed by atoms with E-state index in [1.165, 1.54) is 23.5 Å². The van der Waals surface area contributed by atoms with Crippen LogP contribution >= 0.6 is 11.3 Å². The van der Waals surface area contributed by atoms with E-state index >= 15 is 0 Å². The van der Waals surface area contributed by atoms with E-state index in [-0.39, 0.29) is 17.1 Å². The van der Waals surface area contributed by atoms with E-state index in [9.17, 15) is 14.0 Å². The molecule has 4 nitrogen and oxygen atoms in total. The van der Waals surface area contributed by atoms with Gasteiger partial charge in [0.1, 0.15) is 22.2 Å². The Morgan fingerprint density at radius 2 is 1.96 bits per heavy atom. The van der Waals surface area contributed by atoms with Gasteiger partial charge < -0.3 is 9.47 Å². The Kier molecular flexibility index (Phi) is 4.33. The van der Waals surface area contributed by atoms with Gasteiger partial charge in [-0.05, 0) is 42.6 Å². The van der Waals surface area contributed by atoms with Gasteiger partial charge >= 0.3 is 5.97 Å². The molecule has 4 rings (SSSR count).